The number of H-pyrrole nitrogens is 1. The lowest BCUT2D eigenvalue weighted by Crippen LogP contribution is -2.11. The molecule has 2 N–H and O–H groups in total. The predicted octanol–water partition coefficient (Wildman–Crippen LogP) is 4.95. The van der Waals surface area contributed by atoms with E-state index in [1.807, 2.05) is 42.5 Å². The van der Waals surface area contributed by atoms with Gasteiger partial charge < -0.3 is 10.3 Å². The van der Waals surface area contributed by atoms with Crippen molar-refractivity contribution in [2.45, 2.75) is 0 Å². The Morgan fingerprint density at radius 3 is 2.50 bits per heavy atom. The lowest BCUT2D eigenvalue weighted by molar-refractivity contribution is 0.102. The summed E-state index contributed by atoms with van der Waals surface area (Å²) in [5, 5.41) is 3.81. The van der Waals surface area contributed by atoms with Gasteiger partial charge in [0, 0.05) is 31.7 Å². The fourth-order valence-corrected chi connectivity index (χ4v) is 3.38. The fraction of sp³-hybridized carbons (Fsp3) is 0. The highest BCUT2D eigenvalue weighted by Crippen LogP contribution is 2.25. The third-order valence-corrected chi connectivity index (χ3v) is 3.87. The van der Waals surface area contributed by atoms with Crippen LogP contribution in [0, 0.1) is 0 Å². The number of carbonyl (C=O) groups excluding carboxylic acids is 1. The molecule has 1 aromatic heterocycles. The van der Waals surface area contributed by atoms with Gasteiger partial charge in [0.2, 0.25) is 0 Å². The minimum atomic E-state index is -0.132. The van der Waals surface area contributed by atoms with Crippen molar-refractivity contribution in [1.82, 2.24) is 4.98 Å². The molecule has 2 aromatic carbocycles. The molecule has 0 aliphatic heterocycles. The number of carbonyl (C=O) groups is 1. The van der Waals surface area contributed by atoms with E-state index in [1.165, 1.54) is 0 Å². The summed E-state index contributed by atoms with van der Waals surface area (Å²) in [4.78, 5) is 15.4. The number of amides is 1. The molecule has 0 aliphatic rings. The monoisotopic (exact) mass is 392 g/mol. The van der Waals surface area contributed by atoms with Crippen molar-refractivity contribution in [3.05, 3.63) is 63.2 Å². The lowest BCUT2D eigenvalue weighted by atomic mass is 10.1. The van der Waals surface area contributed by atoms with Crippen molar-refractivity contribution >= 4 is 54.4 Å². The van der Waals surface area contributed by atoms with Crippen molar-refractivity contribution in [2.75, 3.05) is 5.32 Å². The van der Waals surface area contributed by atoms with Crippen LogP contribution in [0.2, 0.25) is 0 Å². The number of hydrogen-bond donors (Lipinski definition) is 2. The Kier molecular flexibility index (Phi) is 3.63. The zero-order valence-corrected chi connectivity index (χ0v) is 13.5. The summed E-state index contributed by atoms with van der Waals surface area (Å²) >= 11 is 6.81. The van der Waals surface area contributed by atoms with E-state index in [0.29, 0.717) is 5.56 Å². The van der Waals surface area contributed by atoms with Gasteiger partial charge in [0.15, 0.2) is 0 Å². The maximum absolute atomic E-state index is 12.4. The van der Waals surface area contributed by atoms with Crippen LogP contribution in [0.15, 0.2) is 57.6 Å². The highest BCUT2D eigenvalue weighted by atomic mass is 79.9. The molecule has 1 heterocycles. The zero-order chi connectivity index (χ0) is 14.1. The van der Waals surface area contributed by atoms with Crippen LogP contribution in [-0.4, -0.2) is 10.9 Å². The molecular weight excluding hydrogens is 384 g/mol. The number of benzene rings is 2. The van der Waals surface area contributed by atoms with Gasteiger partial charge in [-0.3, -0.25) is 4.79 Å². The molecule has 1 amide bonds. The van der Waals surface area contributed by atoms with Crippen molar-refractivity contribution in [3.8, 4) is 0 Å². The summed E-state index contributed by atoms with van der Waals surface area (Å²) in [5.74, 6) is -0.132. The normalized spacial score (nSPS) is 10.7. The van der Waals surface area contributed by atoms with Crippen LogP contribution < -0.4 is 5.32 Å². The zero-order valence-electron chi connectivity index (χ0n) is 10.3. The van der Waals surface area contributed by atoms with Crippen LogP contribution in [-0.2, 0) is 0 Å². The number of hydrogen-bond acceptors (Lipinski definition) is 1. The number of nitrogens with one attached hydrogen (secondary N) is 2. The second kappa shape index (κ2) is 5.42. The molecule has 100 valence electrons. The third-order valence-electron chi connectivity index (χ3n) is 2.95. The third kappa shape index (κ3) is 2.64. The topological polar surface area (TPSA) is 44.9 Å². The molecule has 3 nitrogen and oxygen atoms in total. The molecule has 0 radical (unpaired) electrons. The first-order chi connectivity index (χ1) is 9.63. The standard InChI is InChI=1S/C15H10Br2N2O/c16-9-5-10(17)7-11(6-9)19-15(20)13-8-18-14-4-2-1-3-12(13)14/h1-8,18H,(H,19,20). The number of para-hydroxylation sites is 1. The average molecular weight is 394 g/mol. The fourth-order valence-electron chi connectivity index (χ4n) is 2.08. The Hall–Kier alpha value is -1.59. The largest absolute Gasteiger partial charge is 0.360 e. The number of halogens is 2. The Labute approximate surface area is 132 Å². The van der Waals surface area contributed by atoms with E-state index < -0.39 is 0 Å². The second-order valence-electron chi connectivity index (χ2n) is 4.36. The van der Waals surface area contributed by atoms with E-state index in [0.717, 1.165) is 25.5 Å². The van der Waals surface area contributed by atoms with Gasteiger partial charge in [0.1, 0.15) is 0 Å². The van der Waals surface area contributed by atoms with E-state index in [9.17, 15) is 4.79 Å². The van der Waals surface area contributed by atoms with Crippen molar-refractivity contribution < 1.29 is 4.79 Å². The van der Waals surface area contributed by atoms with Gasteiger partial charge in [0.05, 0.1) is 5.56 Å². The molecule has 0 saturated heterocycles. The van der Waals surface area contributed by atoms with Gasteiger partial charge in [-0.05, 0) is 24.3 Å². The SMILES string of the molecule is O=C(Nc1cc(Br)cc(Br)c1)c1c[nH]c2ccccc12. The van der Waals surface area contributed by atoms with Crippen molar-refractivity contribution in [3.63, 3.8) is 0 Å². The average Bonchev–Trinajstić information content (AvgIpc) is 2.81. The minimum absolute atomic E-state index is 0.132. The molecule has 0 fully saturated rings. The van der Waals surface area contributed by atoms with Gasteiger partial charge in [-0.15, -0.1) is 0 Å². The molecule has 0 spiro atoms. The molecule has 5 heteroatoms. The highest BCUT2D eigenvalue weighted by molar-refractivity contribution is 9.11. The number of fused-ring (bicyclic) bond motifs is 1. The molecule has 0 unspecified atom stereocenters. The van der Waals surface area contributed by atoms with Crippen molar-refractivity contribution in [2.24, 2.45) is 0 Å². The van der Waals surface area contributed by atoms with Crippen LogP contribution in [0.4, 0.5) is 5.69 Å². The Morgan fingerprint density at radius 1 is 1.05 bits per heavy atom. The lowest BCUT2D eigenvalue weighted by Gasteiger charge is -2.06. The summed E-state index contributed by atoms with van der Waals surface area (Å²) in [6.45, 7) is 0. The highest BCUT2D eigenvalue weighted by Gasteiger charge is 2.12. The molecule has 20 heavy (non-hydrogen) atoms. The Balaban J connectivity index is 1.93. The summed E-state index contributed by atoms with van der Waals surface area (Å²) in [5.41, 5.74) is 2.33. The van der Waals surface area contributed by atoms with E-state index in [-0.39, 0.29) is 5.91 Å². The first kappa shape index (κ1) is 13.4. The quantitative estimate of drug-likeness (QED) is 0.635. The van der Waals surface area contributed by atoms with Gasteiger partial charge in [-0.1, -0.05) is 50.1 Å². The van der Waals surface area contributed by atoms with Crippen LogP contribution in [0.1, 0.15) is 10.4 Å². The van der Waals surface area contributed by atoms with Crippen LogP contribution in [0.3, 0.4) is 0 Å². The number of rotatable bonds is 2. The van der Waals surface area contributed by atoms with Gasteiger partial charge in [-0.25, -0.2) is 0 Å². The van der Waals surface area contributed by atoms with Gasteiger partial charge >= 0.3 is 0 Å². The van der Waals surface area contributed by atoms with Crippen molar-refractivity contribution in [1.29, 1.82) is 0 Å². The Morgan fingerprint density at radius 2 is 1.75 bits per heavy atom. The Bertz CT molecular complexity index is 775. The predicted molar refractivity (Wildman–Crippen MR) is 88.1 cm³/mol. The van der Waals surface area contributed by atoms with Crippen LogP contribution in [0.25, 0.3) is 10.9 Å². The first-order valence-corrected chi connectivity index (χ1v) is 7.55. The molecular formula is C15H10Br2N2O. The first-order valence-electron chi connectivity index (χ1n) is 5.97. The van der Waals surface area contributed by atoms with E-state index in [1.54, 1.807) is 6.20 Å². The number of aromatic amines is 1. The maximum atomic E-state index is 12.4. The summed E-state index contributed by atoms with van der Waals surface area (Å²) in [6.07, 6.45) is 1.73. The summed E-state index contributed by atoms with van der Waals surface area (Å²) < 4.78 is 1.81. The van der Waals surface area contributed by atoms with E-state index in [2.05, 4.69) is 42.2 Å². The summed E-state index contributed by atoms with van der Waals surface area (Å²) in [7, 11) is 0. The summed E-state index contributed by atoms with van der Waals surface area (Å²) in [6, 6.07) is 13.4. The molecule has 0 saturated carbocycles. The molecule has 3 aromatic rings. The van der Waals surface area contributed by atoms with E-state index in [4.69, 9.17) is 0 Å². The second-order valence-corrected chi connectivity index (χ2v) is 6.19. The van der Waals surface area contributed by atoms with Crippen LogP contribution in [0.5, 0.6) is 0 Å². The molecule has 0 aliphatic carbocycles. The van der Waals surface area contributed by atoms with Crippen LogP contribution >= 0.6 is 31.9 Å². The van der Waals surface area contributed by atoms with Gasteiger partial charge in [-0.2, -0.15) is 0 Å². The molecule has 3 rings (SSSR count). The van der Waals surface area contributed by atoms with Gasteiger partial charge in [0.25, 0.3) is 5.91 Å². The molecule has 0 bridgehead atoms. The number of aromatic nitrogens is 1. The smallest absolute Gasteiger partial charge is 0.257 e. The molecule has 0 atom stereocenters. The minimum Gasteiger partial charge on any atom is -0.360 e. The van der Waals surface area contributed by atoms with E-state index >= 15 is 0 Å². The maximum Gasteiger partial charge on any atom is 0.257 e. The number of anilines is 1.